The lowest BCUT2D eigenvalue weighted by molar-refractivity contribution is 0.506. The molecule has 1 saturated carbocycles. The Bertz CT molecular complexity index is 349. The fraction of sp³-hybridized carbons (Fsp3) is 0.455. The van der Waals surface area contributed by atoms with Gasteiger partial charge in [0.05, 0.1) is 0 Å². The summed E-state index contributed by atoms with van der Waals surface area (Å²) in [5, 5.41) is 0. The van der Waals surface area contributed by atoms with E-state index in [1.165, 1.54) is 12.1 Å². The number of hydrogen-bond acceptors (Lipinski definition) is 1. The van der Waals surface area contributed by atoms with Crippen LogP contribution in [0.15, 0.2) is 18.2 Å². The second kappa shape index (κ2) is 3.31. The van der Waals surface area contributed by atoms with Crippen LogP contribution in [-0.4, -0.2) is 6.04 Å². The smallest absolute Gasteiger partial charge is 0.159 e. The molecule has 14 heavy (non-hydrogen) atoms. The molecule has 0 amide bonds. The van der Waals surface area contributed by atoms with E-state index < -0.39 is 11.6 Å². The van der Waals surface area contributed by atoms with E-state index in [0.29, 0.717) is 11.8 Å². The summed E-state index contributed by atoms with van der Waals surface area (Å²) in [7, 11) is 0. The van der Waals surface area contributed by atoms with E-state index in [-0.39, 0.29) is 6.04 Å². The first kappa shape index (κ1) is 9.59. The Morgan fingerprint density at radius 3 is 2.57 bits per heavy atom. The Balaban J connectivity index is 2.16. The topological polar surface area (TPSA) is 26.0 Å². The van der Waals surface area contributed by atoms with E-state index in [0.717, 1.165) is 12.0 Å². The van der Waals surface area contributed by atoms with Crippen molar-refractivity contribution in [2.45, 2.75) is 25.3 Å². The molecule has 1 aromatic rings. The normalized spacial score (nSPS) is 27.4. The van der Waals surface area contributed by atoms with Crippen molar-refractivity contribution in [3.63, 3.8) is 0 Å². The predicted molar refractivity (Wildman–Crippen MR) is 50.9 cm³/mol. The molecule has 1 fully saturated rings. The maximum atomic E-state index is 12.9. The van der Waals surface area contributed by atoms with Crippen molar-refractivity contribution in [3.05, 3.63) is 35.4 Å². The summed E-state index contributed by atoms with van der Waals surface area (Å²) in [6.07, 6.45) is 0.989. The van der Waals surface area contributed by atoms with Gasteiger partial charge in [0.15, 0.2) is 11.6 Å². The average molecular weight is 197 g/mol. The first-order chi connectivity index (χ1) is 6.59. The highest BCUT2D eigenvalue weighted by molar-refractivity contribution is 5.27. The van der Waals surface area contributed by atoms with Crippen LogP contribution in [-0.2, 0) is 0 Å². The lowest BCUT2D eigenvalue weighted by Gasteiger charge is -2.04. The van der Waals surface area contributed by atoms with Gasteiger partial charge < -0.3 is 5.73 Å². The van der Waals surface area contributed by atoms with Crippen LogP contribution < -0.4 is 5.73 Å². The zero-order valence-electron chi connectivity index (χ0n) is 8.00. The van der Waals surface area contributed by atoms with Gasteiger partial charge in [-0.05, 0) is 42.9 Å². The van der Waals surface area contributed by atoms with Gasteiger partial charge in [0.25, 0.3) is 0 Å². The van der Waals surface area contributed by atoms with Crippen LogP contribution in [0.3, 0.4) is 0 Å². The first-order valence-corrected chi connectivity index (χ1v) is 4.80. The van der Waals surface area contributed by atoms with Gasteiger partial charge in [-0.25, -0.2) is 8.78 Å². The van der Waals surface area contributed by atoms with Gasteiger partial charge in [-0.2, -0.15) is 0 Å². The molecule has 0 radical (unpaired) electrons. The van der Waals surface area contributed by atoms with Crippen LogP contribution in [0.5, 0.6) is 0 Å². The van der Waals surface area contributed by atoms with Crippen molar-refractivity contribution in [3.8, 4) is 0 Å². The van der Waals surface area contributed by atoms with E-state index in [1.807, 2.05) is 6.92 Å². The van der Waals surface area contributed by atoms with Crippen molar-refractivity contribution in [2.75, 3.05) is 0 Å². The van der Waals surface area contributed by atoms with Crippen molar-refractivity contribution in [2.24, 2.45) is 11.7 Å². The summed E-state index contributed by atoms with van der Waals surface area (Å²) in [5.74, 6) is -0.797. The molecule has 0 aromatic heterocycles. The van der Waals surface area contributed by atoms with Crippen LogP contribution >= 0.6 is 0 Å². The molecule has 3 heteroatoms. The standard InChI is InChI=1S/C11H13F2N/c1-6(14)8-5-9(8)7-2-3-10(12)11(13)4-7/h2-4,6,8-9H,5,14H2,1H3. The number of benzene rings is 1. The second-order valence-corrected chi connectivity index (χ2v) is 4.04. The van der Waals surface area contributed by atoms with Gasteiger partial charge in [-0.15, -0.1) is 0 Å². The second-order valence-electron chi connectivity index (χ2n) is 4.04. The molecule has 0 bridgehead atoms. The molecule has 0 saturated heterocycles. The minimum atomic E-state index is -0.785. The van der Waals surface area contributed by atoms with E-state index in [4.69, 9.17) is 5.73 Å². The fourth-order valence-corrected chi connectivity index (χ4v) is 1.92. The van der Waals surface area contributed by atoms with E-state index in [1.54, 1.807) is 6.07 Å². The summed E-state index contributed by atoms with van der Waals surface area (Å²) in [6.45, 7) is 1.95. The Morgan fingerprint density at radius 1 is 1.36 bits per heavy atom. The molecular weight excluding hydrogens is 184 g/mol. The van der Waals surface area contributed by atoms with Crippen LogP contribution in [0.1, 0.15) is 24.8 Å². The Morgan fingerprint density at radius 2 is 2.07 bits per heavy atom. The van der Waals surface area contributed by atoms with Crippen LogP contribution in [0.4, 0.5) is 8.78 Å². The first-order valence-electron chi connectivity index (χ1n) is 4.80. The molecule has 0 aliphatic heterocycles. The minimum Gasteiger partial charge on any atom is -0.328 e. The van der Waals surface area contributed by atoms with Crippen LogP contribution in [0.2, 0.25) is 0 Å². The molecule has 1 aliphatic carbocycles. The van der Waals surface area contributed by atoms with Crippen LogP contribution in [0.25, 0.3) is 0 Å². The number of nitrogens with two attached hydrogens (primary N) is 1. The molecule has 1 aliphatic rings. The molecule has 1 nitrogen and oxygen atoms in total. The molecular formula is C11H13F2N. The lowest BCUT2D eigenvalue weighted by atomic mass is 10.1. The van der Waals surface area contributed by atoms with Crippen molar-refractivity contribution in [1.82, 2.24) is 0 Å². The molecule has 1 aromatic carbocycles. The van der Waals surface area contributed by atoms with Gasteiger partial charge in [0, 0.05) is 6.04 Å². The lowest BCUT2D eigenvalue weighted by Crippen LogP contribution is -2.17. The summed E-state index contributed by atoms with van der Waals surface area (Å²) < 4.78 is 25.5. The highest BCUT2D eigenvalue weighted by Gasteiger charge is 2.40. The predicted octanol–water partition coefficient (Wildman–Crippen LogP) is 2.42. The van der Waals surface area contributed by atoms with Gasteiger partial charge in [0.2, 0.25) is 0 Å². The third-order valence-electron chi connectivity index (χ3n) is 2.89. The molecule has 76 valence electrons. The van der Waals surface area contributed by atoms with Gasteiger partial charge in [0.1, 0.15) is 0 Å². The monoisotopic (exact) mass is 197 g/mol. The molecule has 3 unspecified atom stereocenters. The third-order valence-corrected chi connectivity index (χ3v) is 2.89. The van der Waals surface area contributed by atoms with Crippen molar-refractivity contribution in [1.29, 1.82) is 0 Å². The largest absolute Gasteiger partial charge is 0.328 e. The van der Waals surface area contributed by atoms with E-state index >= 15 is 0 Å². The SMILES string of the molecule is CC(N)C1CC1c1ccc(F)c(F)c1. The Labute approximate surface area is 81.9 Å². The highest BCUT2D eigenvalue weighted by Crippen LogP contribution is 2.49. The van der Waals surface area contributed by atoms with Crippen molar-refractivity contribution >= 4 is 0 Å². The van der Waals surface area contributed by atoms with Crippen LogP contribution in [0, 0.1) is 17.6 Å². The quantitative estimate of drug-likeness (QED) is 0.774. The van der Waals surface area contributed by atoms with Gasteiger partial charge in [-0.1, -0.05) is 6.07 Å². The number of rotatable bonds is 2. The zero-order chi connectivity index (χ0) is 10.3. The van der Waals surface area contributed by atoms with Gasteiger partial charge in [-0.3, -0.25) is 0 Å². The molecule has 2 N–H and O–H groups in total. The molecule has 3 atom stereocenters. The Kier molecular flexibility index (Phi) is 2.27. The average Bonchev–Trinajstić information content (AvgIpc) is 2.89. The fourth-order valence-electron chi connectivity index (χ4n) is 1.92. The maximum absolute atomic E-state index is 12.9. The number of halogens is 2. The van der Waals surface area contributed by atoms with Crippen molar-refractivity contribution < 1.29 is 8.78 Å². The summed E-state index contributed by atoms with van der Waals surface area (Å²) >= 11 is 0. The molecule has 0 heterocycles. The zero-order valence-corrected chi connectivity index (χ0v) is 8.00. The van der Waals surface area contributed by atoms with E-state index in [9.17, 15) is 8.78 Å². The third kappa shape index (κ3) is 1.64. The van der Waals surface area contributed by atoms with Gasteiger partial charge >= 0.3 is 0 Å². The maximum Gasteiger partial charge on any atom is 0.159 e. The highest BCUT2D eigenvalue weighted by atomic mass is 19.2. The Hall–Kier alpha value is -0.960. The summed E-state index contributed by atoms with van der Waals surface area (Å²) in [6, 6.07) is 4.24. The van der Waals surface area contributed by atoms with E-state index in [2.05, 4.69) is 0 Å². The molecule has 0 spiro atoms. The summed E-state index contributed by atoms with van der Waals surface area (Å²) in [5.41, 5.74) is 6.59. The summed E-state index contributed by atoms with van der Waals surface area (Å²) in [4.78, 5) is 0. The molecule has 2 rings (SSSR count). The minimum absolute atomic E-state index is 0.133. The number of hydrogen-bond donors (Lipinski definition) is 1.